The summed E-state index contributed by atoms with van der Waals surface area (Å²) in [4.78, 5) is 122. The molecule has 25 nitrogen and oxygen atoms in total. The number of aromatic nitrogens is 15. The van der Waals surface area contributed by atoms with Gasteiger partial charge in [-0.15, -0.1) is 16.7 Å². The molecule has 4 fully saturated rings. The summed E-state index contributed by atoms with van der Waals surface area (Å²) in [6.45, 7) is 30.3. The largest absolute Gasteiger partial charge is 0.331 e. The number of nitrogens with one attached hydrogen (secondary N) is 1. The van der Waals surface area contributed by atoms with Crippen molar-refractivity contribution in [2.75, 3.05) is 38.5 Å². The maximum absolute atomic E-state index is 14.4. The molecule has 15 aromatic rings. The number of nitrogens with zero attached hydrogens (tertiary/aromatic N) is 19. The molecule has 0 saturated heterocycles. The molecule has 0 aliphatic heterocycles. The van der Waals surface area contributed by atoms with E-state index in [0.717, 1.165) is 263 Å². The highest BCUT2D eigenvalue weighted by molar-refractivity contribution is 14.1. The first-order valence-corrected chi connectivity index (χ1v) is 55.3. The van der Waals surface area contributed by atoms with Crippen LogP contribution in [0.15, 0.2) is 206 Å². The van der Waals surface area contributed by atoms with Crippen LogP contribution in [0, 0.1) is 57.4 Å². The number of imidazole rings is 5. The fourth-order valence-electron chi connectivity index (χ4n) is 20.0. The Morgan fingerprint density at radius 3 is 1.40 bits per heavy atom. The molecule has 0 radical (unpaired) electrons. The van der Waals surface area contributed by atoms with Crippen molar-refractivity contribution in [1.82, 2.24) is 92.6 Å². The monoisotopic (exact) mass is 2140 g/mol. The maximum Gasteiger partial charge on any atom is 0.301 e. The van der Waals surface area contributed by atoms with Gasteiger partial charge in [-0.1, -0.05) is 132 Å². The van der Waals surface area contributed by atoms with Crippen LogP contribution in [0.25, 0.3) is 55.8 Å². The fourth-order valence-corrected chi connectivity index (χ4v) is 21.2. The lowest BCUT2D eigenvalue weighted by atomic mass is 10.1. The van der Waals surface area contributed by atoms with E-state index in [4.69, 9.17) is 19.9 Å². The number of halogens is 5. The third-order valence-corrected chi connectivity index (χ3v) is 29.8. The molecule has 0 unspecified atom stereocenters. The molecule has 5 amide bonds. The second-order valence-electron chi connectivity index (χ2n) is 40.7. The minimum atomic E-state index is -0.710. The average molecular weight is 2140 g/mol. The lowest BCUT2D eigenvalue weighted by molar-refractivity contribution is -0.706. The normalized spacial score (nSPS) is 13.8. The number of hydrogen-bond acceptors (Lipinski definition) is 15. The minimum Gasteiger partial charge on any atom is -0.331 e. The van der Waals surface area contributed by atoms with Gasteiger partial charge in [0, 0.05) is 108 Å². The molecule has 4 saturated carbocycles. The van der Waals surface area contributed by atoms with Gasteiger partial charge in [-0.2, -0.15) is 0 Å². The number of H-pyrrole nitrogens is 1. The summed E-state index contributed by atoms with van der Waals surface area (Å²) in [6, 6.07) is 49.9. The molecule has 1 N–H and O–H groups in total. The number of amides is 5. The number of hydrogen-bond donors (Lipinski definition) is 1. The van der Waals surface area contributed by atoms with Gasteiger partial charge in [0.05, 0.1) is 43.3 Å². The Morgan fingerprint density at radius 2 is 0.885 bits per heavy atom. The van der Waals surface area contributed by atoms with Gasteiger partial charge in [-0.25, -0.2) is 62.0 Å². The van der Waals surface area contributed by atoms with E-state index in [1.165, 1.54) is 49.0 Å². The first-order valence-electron chi connectivity index (χ1n) is 53.3. The molecule has 4 aliphatic rings. The number of aromatic amines is 1. The number of unbranched alkanes of at least 4 members (excludes halogenated alkanes) is 2. The van der Waals surface area contributed by atoms with Gasteiger partial charge in [-0.05, 0) is 306 Å². The van der Waals surface area contributed by atoms with Crippen molar-refractivity contribution >= 4 is 120 Å². The van der Waals surface area contributed by atoms with Gasteiger partial charge in [0.2, 0.25) is 5.82 Å². The number of carbonyl (C=O) groups is 5. The molecular formula is C117H142F4IN20O5S+. The number of thioether (sulfide) groups is 1. The van der Waals surface area contributed by atoms with Crippen LogP contribution >= 0.6 is 34.4 Å². The predicted octanol–water partition coefficient (Wildman–Crippen LogP) is 25.9. The van der Waals surface area contributed by atoms with Gasteiger partial charge >= 0.3 is 5.65 Å². The SMILES string of the molecule is CC(C)CCN(Cc1[nH]c2cccnc2[n+]1C1CCCC1)C(=O)c1cc(F)ccc1F.CCCCCN(Cc1nc2cccnc2n1C1CCCC1)C(=O)c1cc(F)ccc1F.CCCN(Cc1nc2cccnc2n1CC1CC1)C(=O)c1ccccc1.CCCn1c(CN(CCC(C)C)C(=O)c2ccc(C)c(I)c2)nc2cccnc21.CCSc1ccc(C(=O)N(Cc2nc3cccnc3n2C2CCCC2)CC(C)C)cc1. The van der Waals surface area contributed by atoms with Gasteiger partial charge in [-0.3, -0.25) is 29.0 Å². The molecule has 780 valence electrons. The van der Waals surface area contributed by atoms with Gasteiger partial charge in [0.25, 0.3) is 29.5 Å². The Labute approximate surface area is 884 Å². The number of fused-ring (bicyclic) bond motifs is 5. The van der Waals surface area contributed by atoms with Crippen molar-refractivity contribution < 1.29 is 46.1 Å². The van der Waals surface area contributed by atoms with E-state index in [1.54, 1.807) is 40.2 Å². The number of benzene rings is 5. The Morgan fingerprint density at radius 1 is 0.432 bits per heavy atom. The number of aryl methyl sites for hydroxylation is 2. The third-order valence-electron chi connectivity index (χ3n) is 27.8. The smallest absolute Gasteiger partial charge is 0.301 e. The zero-order valence-corrected chi connectivity index (χ0v) is 90.4. The lowest BCUT2D eigenvalue weighted by Gasteiger charge is -2.26. The quantitative estimate of drug-likeness (QED) is 0.0124. The molecule has 0 spiro atoms. The summed E-state index contributed by atoms with van der Waals surface area (Å²) in [5.41, 5.74) is 11.8. The van der Waals surface area contributed by atoms with E-state index in [2.05, 4.69) is 151 Å². The first-order chi connectivity index (χ1) is 71.7. The molecule has 0 atom stereocenters. The Hall–Kier alpha value is -12.7. The van der Waals surface area contributed by atoms with Crippen LogP contribution < -0.4 is 4.57 Å². The van der Waals surface area contributed by atoms with Crippen LogP contribution in [0.4, 0.5) is 17.6 Å². The molecule has 4 aliphatic carbocycles. The first kappa shape index (κ1) is 110. The van der Waals surface area contributed by atoms with E-state index in [0.29, 0.717) is 88.2 Å². The highest BCUT2D eigenvalue weighted by Crippen LogP contribution is 2.38. The predicted molar refractivity (Wildman–Crippen MR) is 585 cm³/mol. The minimum absolute atomic E-state index is 0.0606. The fraction of sp³-hybridized carbons (Fsp3) is 0.444. The van der Waals surface area contributed by atoms with Crippen molar-refractivity contribution in [3.8, 4) is 0 Å². The van der Waals surface area contributed by atoms with Crippen molar-refractivity contribution in [1.29, 1.82) is 0 Å². The topological polar surface area (TPSA) is 257 Å². The average Bonchev–Trinajstić information content (AvgIpc) is 1.63. The van der Waals surface area contributed by atoms with Crippen LogP contribution in [0.3, 0.4) is 0 Å². The number of pyridine rings is 5. The lowest BCUT2D eigenvalue weighted by Crippen LogP contribution is -2.45. The van der Waals surface area contributed by atoms with Crippen LogP contribution in [-0.4, -0.2) is 161 Å². The van der Waals surface area contributed by atoms with Gasteiger partial charge in [0.1, 0.15) is 81.4 Å². The van der Waals surface area contributed by atoms with Crippen LogP contribution in [0.2, 0.25) is 0 Å². The molecule has 10 heterocycles. The van der Waals surface area contributed by atoms with Crippen LogP contribution in [0.5, 0.6) is 0 Å². The molecule has 0 bridgehead atoms. The highest BCUT2D eigenvalue weighted by Gasteiger charge is 2.36. The third kappa shape index (κ3) is 28.3. The highest BCUT2D eigenvalue weighted by atomic mass is 127. The Kier molecular flexibility index (Phi) is 39.2. The molecule has 10 aromatic heterocycles. The molecule has 5 aromatic carbocycles. The Balaban J connectivity index is 0.000000139. The summed E-state index contributed by atoms with van der Waals surface area (Å²) in [6.07, 6.45) is 31.6. The van der Waals surface area contributed by atoms with E-state index in [1.807, 2.05) is 161 Å². The number of rotatable bonds is 38. The second kappa shape index (κ2) is 53.0. The molecule has 148 heavy (non-hydrogen) atoms. The van der Waals surface area contributed by atoms with Crippen molar-refractivity contribution in [2.45, 2.75) is 280 Å². The van der Waals surface area contributed by atoms with Gasteiger partial charge < -0.3 is 42.8 Å². The summed E-state index contributed by atoms with van der Waals surface area (Å²) in [5, 5.41) is 0. The van der Waals surface area contributed by atoms with Crippen LogP contribution in [0.1, 0.15) is 309 Å². The van der Waals surface area contributed by atoms with Gasteiger partial charge in [0.15, 0.2) is 28.1 Å². The van der Waals surface area contributed by atoms with Crippen molar-refractivity contribution in [3.05, 3.63) is 290 Å². The van der Waals surface area contributed by atoms with E-state index in [-0.39, 0.29) is 41.9 Å². The second-order valence-corrected chi connectivity index (χ2v) is 43.2. The van der Waals surface area contributed by atoms with Crippen molar-refractivity contribution in [3.63, 3.8) is 0 Å². The standard InChI is InChI=1S/C25H32N4OS.2C24H28F2N4O.C23H29IN4O.C21H24N4O/c1-4-31-21-13-11-19(12-14-21)25(30)28(16-18(2)3)17-23-27-22-10-7-15-26-24(22)29(23)20-8-5-6-9-20;1-16(2)11-13-29(24(31)19-14-17(25)9-10-20(19)26)15-22-28-21-8-5-12-27-23(21)30(22)18-6-3-4-7-18;1-2-3-6-14-29(24(31)19-15-17(25)11-12-20(19)26)16-22-28-21-10-7-13-27-23(21)30(22)18-8-4-5-9-18;1-5-12-28-21(26-20-7-6-11-25-22(20)28)15-27(13-10-16(2)3)23(29)18-9-8-17(4)19(24)14-18;1-2-13-24(21(26)17-7-4-3-5-8-17)15-19-23-18-9-6-12-22-20(18)25(19)14-16-10-11-16/h7,10-15,18,20H,4-6,8-9,16-17H2,1-3H3;5,8-10,12,14,16,18H,3-4,6-7,11,13,15H2,1-2H3;7,10-13,15,18H,2-6,8-9,14,16H2,1H3;6-9,11,14,16H,5,10,12-13,15H2,1-4H3;3-9,12,16H,2,10-11,13-15H2,1H3/p+1. The summed E-state index contributed by atoms with van der Waals surface area (Å²) in [5.74, 6) is 3.96. The van der Waals surface area contributed by atoms with E-state index < -0.39 is 35.1 Å². The molecular weight excluding hydrogens is 2000 g/mol. The molecule has 31 heteroatoms. The van der Waals surface area contributed by atoms with E-state index >= 15 is 0 Å². The zero-order chi connectivity index (χ0) is 104. The Bertz CT molecular complexity index is 6960. The van der Waals surface area contributed by atoms with Crippen molar-refractivity contribution in [2.24, 2.45) is 23.7 Å². The summed E-state index contributed by atoms with van der Waals surface area (Å²) in [7, 11) is 0. The number of carbonyl (C=O) groups excluding carboxylic acids is 5. The zero-order valence-electron chi connectivity index (χ0n) is 87.5. The maximum atomic E-state index is 14.4. The summed E-state index contributed by atoms with van der Waals surface area (Å²) < 4.78 is 68.4. The molecule has 19 rings (SSSR count). The van der Waals surface area contributed by atoms with Crippen LogP contribution in [-0.2, 0) is 45.8 Å². The van der Waals surface area contributed by atoms with E-state index in [9.17, 15) is 41.5 Å². The summed E-state index contributed by atoms with van der Waals surface area (Å²) >= 11 is 4.08.